The number of pyridine rings is 1. The van der Waals surface area contributed by atoms with Crippen LogP contribution in [-0.2, 0) is 22.4 Å². The highest BCUT2D eigenvalue weighted by Crippen LogP contribution is 2.27. The molecule has 0 atom stereocenters. The standard InChI is InChI=1S/C23H34N8O2/c1-4-18-20-21(31(29-18)12-15-32-5-2)22(26-19-16-17(3)6-7-24-19)28-23(27-20)25-8-9-30-10-13-33-14-11-30/h6-7,16H,4-5,8-15H2,1-3H3,(H2,24,25,26,27,28). The molecule has 2 N–H and O–H groups in total. The van der Waals surface area contributed by atoms with Gasteiger partial charge in [0.25, 0.3) is 0 Å². The van der Waals surface area contributed by atoms with Crippen molar-refractivity contribution in [2.24, 2.45) is 0 Å². The lowest BCUT2D eigenvalue weighted by Gasteiger charge is -2.26. The summed E-state index contributed by atoms with van der Waals surface area (Å²) in [6, 6.07) is 3.97. The molecule has 10 heteroatoms. The van der Waals surface area contributed by atoms with E-state index in [0.29, 0.717) is 31.5 Å². The summed E-state index contributed by atoms with van der Waals surface area (Å²) in [5, 5.41) is 11.6. The molecular formula is C23H34N8O2. The number of aromatic nitrogens is 5. The van der Waals surface area contributed by atoms with Crippen molar-refractivity contribution in [2.75, 3.05) is 63.2 Å². The number of hydrogen-bond acceptors (Lipinski definition) is 9. The van der Waals surface area contributed by atoms with E-state index in [2.05, 4.69) is 27.4 Å². The Bertz CT molecular complexity index is 1050. The van der Waals surface area contributed by atoms with Gasteiger partial charge in [0.05, 0.1) is 32.1 Å². The zero-order chi connectivity index (χ0) is 23.0. The maximum atomic E-state index is 5.58. The Hall–Kier alpha value is -2.82. The molecular weight excluding hydrogens is 420 g/mol. The fraction of sp³-hybridized carbons (Fsp3) is 0.565. The Morgan fingerprint density at radius 1 is 1.15 bits per heavy atom. The quantitative estimate of drug-likeness (QED) is 0.423. The third kappa shape index (κ3) is 5.95. The molecule has 0 bridgehead atoms. The van der Waals surface area contributed by atoms with Crippen molar-refractivity contribution in [3.05, 3.63) is 29.6 Å². The monoisotopic (exact) mass is 454 g/mol. The van der Waals surface area contributed by atoms with Crippen LogP contribution in [0.25, 0.3) is 11.0 Å². The summed E-state index contributed by atoms with van der Waals surface area (Å²) in [6.07, 6.45) is 2.58. The normalized spacial score (nSPS) is 14.6. The first kappa shape index (κ1) is 23.3. The van der Waals surface area contributed by atoms with Crippen LogP contribution in [0.15, 0.2) is 18.3 Å². The summed E-state index contributed by atoms with van der Waals surface area (Å²) in [7, 11) is 0. The van der Waals surface area contributed by atoms with E-state index in [-0.39, 0.29) is 0 Å². The van der Waals surface area contributed by atoms with Crippen LogP contribution in [-0.4, -0.2) is 82.2 Å². The number of anilines is 3. The number of hydrogen-bond donors (Lipinski definition) is 2. The highest BCUT2D eigenvalue weighted by molar-refractivity contribution is 5.90. The van der Waals surface area contributed by atoms with Crippen LogP contribution in [0.5, 0.6) is 0 Å². The van der Waals surface area contributed by atoms with Gasteiger partial charge in [-0.2, -0.15) is 10.1 Å². The molecule has 3 aromatic rings. The van der Waals surface area contributed by atoms with Gasteiger partial charge < -0.3 is 20.1 Å². The van der Waals surface area contributed by atoms with Crippen molar-refractivity contribution in [1.82, 2.24) is 29.6 Å². The van der Waals surface area contributed by atoms with Crippen LogP contribution in [0, 0.1) is 6.92 Å². The summed E-state index contributed by atoms with van der Waals surface area (Å²) >= 11 is 0. The summed E-state index contributed by atoms with van der Waals surface area (Å²) in [5.41, 5.74) is 3.79. The first-order chi connectivity index (χ1) is 16.2. The van der Waals surface area contributed by atoms with E-state index in [1.54, 1.807) is 6.20 Å². The van der Waals surface area contributed by atoms with Crippen LogP contribution < -0.4 is 10.6 Å². The fourth-order valence-corrected chi connectivity index (χ4v) is 3.88. The lowest BCUT2D eigenvalue weighted by Crippen LogP contribution is -2.39. The van der Waals surface area contributed by atoms with Crippen LogP contribution in [0.4, 0.5) is 17.6 Å². The number of aryl methyl sites for hydroxylation is 2. The van der Waals surface area contributed by atoms with E-state index < -0.39 is 0 Å². The third-order valence-corrected chi connectivity index (χ3v) is 5.62. The molecule has 1 fully saturated rings. The Balaban J connectivity index is 1.63. The zero-order valence-electron chi connectivity index (χ0n) is 19.8. The summed E-state index contributed by atoms with van der Waals surface area (Å²) in [6.45, 7) is 13.2. The molecule has 4 heterocycles. The lowest BCUT2D eigenvalue weighted by molar-refractivity contribution is 0.0398. The van der Waals surface area contributed by atoms with Crippen LogP contribution in [0.1, 0.15) is 25.1 Å². The Morgan fingerprint density at radius 2 is 2.00 bits per heavy atom. The number of nitrogens with one attached hydrogen (secondary N) is 2. The topological polar surface area (TPSA) is 102 Å². The number of rotatable bonds is 11. The van der Waals surface area contributed by atoms with Gasteiger partial charge >= 0.3 is 0 Å². The van der Waals surface area contributed by atoms with Gasteiger partial charge in [-0.1, -0.05) is 6.92 Å². The largest absolute Gasteiger partial charge is 0.380 e. The van der Waals surface area contributed by atoms with Crippen LogP contribution in [0.2, 0.25) is 0 Å². The Morgan fingerprint density at radius 3 is 2.76 bits per heavy atom. The maximum Gasteiger partial charge on any atom is 0.225 e. The molecule has 0 unspecified atom stereocenters. The second kappa shape index (κ2) is 11.4. The van der Waals surface area contributed by atoms with E-state index in [9.17, 15) is 0 Å². The lowest BCUT2D eigenvalue weighted by atomic mass is 10.2. The van der Waals surface area contributed by atoms with E-state index in [1.165, 1.54) is 0 Å². The van der Waals surface area contributed by atoms with E-state index in [1.807, 2.05) is 30.7 Å². The smallest absolute Gasteiger partial charge is 0.225 e. The van der Waals surface area contributed by atoms with Gasteiger partial charge in [-0.05, 0) is 38.0 Å². The number of fused-ring (bicyclic) bond motifs is 1. The van der Waals surface area contributed by atoms with Gasteiger partial charge in [0.1, 0.15) is 16.9 Å². The van der Waals surface area contributed by atoms with Gasteiger partial charge in [-0.3, -0.25) is 9.58 Å². The van der Waals surface area contributed by atoms with Crippen molar-refractivity contribution in [3.63, 3.8) is 0 Å². The molecule has 1 aliphatic heterocycles. The van der Waals surface area contributed by atoms with Crippen molar-refractivity contribution >= 4 is 28.6 Å². The Kier molecular flexibility index (Phi) is 8.03. The SMILES string of the molecule is CCOCCn1nc(CC)c2nc(NCCN3CCOCC3)nc(Nc3cc(C)ccn3)c21. The molecule has 3 aromatic heterocycles. The van der Waals surface area contributed by atoms with Gasteiger partial charge in [-0.15, -0.1) is 0 Å². The molecule has 1 aliphatic rings. The molecule has 0 amide bonds. The van der Waals surface area contributed by atoms with Crippen LogP contribution in [0.3, 0.4) is 0 Å². The summed E-state index contributed by atoms with van der Waals surface area (Å²) in [5.74, 6) is 2.02. The third-order valence-electron chi connectivity index (χ3n) is 5.62. The average Bonchev–Trinajstić information content (AvgIpc) is 3.18. The Labute approximate surface area is 194 Å². The fourth-order valence-electron chi connectivity index (χ4n) is 3.88. The molecule has 0 aliphatic carbocycles. The molecule has 0 radical (unpaired) electrons. The van der Waals surface area contributed by atoms with Crippen molar-refractivity contribution in [3.8, 4) is 0 Å². The number of ether oxygens (including phenoxy) is 2. The molecule has 1 saturated heterocycles. The maximum absolute atomic E-state index is 5.58. The molecule has 10 nitrogen and oxygen atoms in total. The number of morpholine rings is 1. The number of nitrogens with zero attached hydrogens (tertiary/aromatic N) is 6. The summed E-state index contributed by atoms with van der Waals surface area (Å²) < 4.78 is 13.0. The van der Waals surface area contributed by atoms with Gasteiger partial charge in [-0.25, -0.2) is 9.97 Å². The van der Waals surface area contributed by atoms with Gasteiger partial charge in [0.2, 0.25) is 5.95 Å². The minimum atomic E-state index is 0.581. The van der Waals surface area contributed by atoms with Gasteiger partial charge in [0, 0.05) is 39.0 Å². The zero-order valence-corrected chi connectivity index (χ0v) is 19.8. The summed E-state index contributed by atoms with van der Waals surface area (Å²) in [4.78, 5) is 16.5. The molecule has 33 heavy (non-hydrogen) atoms. The van der Waals surface area contributed by atoms with Crippen molar-refractivity contribution in [2.45, 2.75) is 33.7 Å². The van der Waals surface area contributed by atoms with Crippen molar-refractivity contribution in [1.29, 1.82) is 0 Å². The highest BCUT2D eigenvalue weighted by Gasteiger charge is 2.19. The predicted molar refractivity (Wildman–Crippen MR) is 129 cm³/mol. The highest BCUT2D eigenvalue weighted by atomic mass is 16.5. The second-order valence-corrected chi connectivity index (χ2v) is 8.04. The molecule has 178 valence electrons. The second-order valence-electron chi connectivity index (χ2n) is 8.04. The average molecular weight is 455 g/mol. The van der Waals surface area contributed by atoms with Crippen molar-refractivity contribution < 1.29 is 9.47 Å². The first-order valence-electron chi connectivity index (χ1n) is 11.8. The first-order valence-corrected chi connectivity index (χ1v) is 11.8. The predicted octanol–water partition coefficient (Wildman–Crippen LogP) is 2.62. The minimum absolute atomic E-state index is 0.581. The van der Waals surface area contributed by atoms with E-state index in [0.717, 1.165) is 73.9 Å². The molecule has 0 aromatic carbocycles. The van der Waals surface area contributed by atoms with E-state index >= 15 is 0 Å². The van der Waals surface area contributed by atoms with Gasteiger partial charge in [0.15, 0.2) is 5.82 Å². The molecule has 0 spiro atoms. The molecule has 4 rings (SSSR count). The molecule has 0 saturated carbocycles. The van der Waals surface area contributed by atoms with Crippen LogP contribution >= 0.6 is 0 Å². The van der Waals surface area contributed by atoms with E-state index in [4.69, 9.17) is 24.5 Å². The minimum Gasteiger partial charge on any atom is -0.380 e.